The third-order valence-electron chi connectivity index (χ3n) is 5.53. The number of nitrogens with one attached hydrogen (secondary N) is 1. The van der Waals surface area contributed by atoms with Crippen molar-refractivity contribution in [1.82, 2.24) is 10.2 Å². The quantitative estimate of drug-likeness (QED) is 0.642. The van der Waals surface area contributed by atoms with E-state index in [0.29, 0.717) is 6.54 Å². The Bertz CT molecular complexity index is 1000. The molecule has 8 nitrogen and oxygen atoms in total. The molecule has 0 aromatic heterocycles. The Kier molecular flexibility index (Phi) is 7.53. The second-order valence-electron chi connectivity index (χ2n) is 7.50. The van der Waals surface area contributed by atoms with E-state index in [0.717, 1.165) is 37.2 Å². The van der Waals surface area contributed by atoms with Gasteiger partial charge in [0.05, 0.1) is 30.7 Å². The van der Waals surface area contributed by atoms with Gasteiger partial charge in [0.2, 0.25) is 10.0 Å². The molecule has 2 aromatic carbocycles. The molecule has 0 bridgehead atoms. The lowest BCUT2D eigenvalue weighted by molar-refractivity contribution is 0.0921. The molecule has 2 aromatic rings. The molecule has 0 aliphatic carbocycles. The second-order valence-corrected chi connectivity index (χ2v) is 9.06. The topological polar surface area (TPSA) is 111 Å². The van der Waals surface area contributed by atoms with Crippen LogP contribution in [0.1, 0.15) is 41.2 Å². The Morgan fingerprint density at radius 2 is 1.74 bits per heavy atom. The lowest BCUT2D eigenvalue weighted by Gasteiger charge is -2.35. The molecule has 1 aliphatic rings. The van der Waals surface area contributed by atoms with E-state index in [-0.39, 0.29) is 22.3 Å². The molecule has 1 aliphatic heterocycles. The first-order valence-electron chi connectivity index (χ1n) is 10.2. The summed E-state index contributed by atoms with van der Waals surface area (Å²) in [6.45, 7) is 2.28. The third-order valence-corrected chi connectivity index (χ3v) is 6.44. The van der Waals surface area contributed by atoms with Gasteiger partial charge < -0.3 is 14.8 Å². The molecule has 0 radical (unpaired) electrons. The van der Waals surface area contributed by atoms with Crippen molar-refractivity contribution in [2.75, 3.05) is 33.9 Å². The number of carbonyl (C=O) groups is 1. The van der Waals surface area contributed by atoms with Gasteiger partial charge in [-0.05, 0) is 61.8 Å². The standard InChI is InChI=1S/C22H29N3O5S/c1-29-17-8-6-16(7-9-17)20(25-12-4-3-5-13-25)15-24-22(26)19-14-18(31(23,27)28)10-11-21(19)30-2/h6-11,14,20H,3-5,12-13,15H2,1-2H3,(H,24,26)(H2,23,27,28). The van der Waals surface area contributed by atoms with Crippen molar-refractivity contribution >= 4 is 15.9 Å². The van der Waals surface area contributed by atoms with E-state index in [1.165, 1.54) is 31.7 Å². The van der Waals surface area contributed by atoms with Gasteiger partial charge in [-0.2, -0.15) is 0 Å². The molecule has 168 valence electrons. The predicted octanol–water partition coefficient (Wildman–Crippen LogP) is 2.31. The predicted molar refractivity (Wildman–Crippen MR) is 118 cm³/mol. The molecule has 1 amide bonds. The summed E-state index contributed by atoms with van der Waals surface area (Å²) in [5.41, 5.74) is 1.20. The minimum absolute atomic E-state index is 0.0115. The first kappa shape index (κ1) is 23.1. The van der Waals surface area contributed by atoms with Gasteiger partial charge in [-0.1, -0.05) is 18.6 Å². The van der Waals surface area contributed by atoms with Crippen molar-refractivity contribution in [1.29, 1.82) is 0 Å². The van der Waals surface area contributed by atoms with Crippen LogP contribution in [0.5, 0.6) is 11.5 Å². The first-order valence-corrected chi connectivity index (χ1v) is 11.7. The summed E-state index contributed by atoms with van der Waals surface area (Å²) >= 11 is 0. The van der Waals surface area contributed by atoms with E-state index < -0.39 is 15.9 Å². The van der Waals surface area contributed by atoms with Crippen LogP contribution in [-0.2, 0) is 10.0 Å². The maximum Gasteiger partial charge on any atom is 0.255 e. The van der Waals surface area contributed by atoms with Crippen LogP contribution in [0.4, 0.5) is 0 Å². The Balaban J connectivity index is 1.82. The van der Waals surface area contributed by atoms with Crippen LogP contribution >= 0.6 is 0 Å². The number of hydrogen-bond donors (Lipinski definition) is 2. The van der Waals surface area contributed by atoms with Crippen LogP contribution in [-0.4, -0.2) is 53.1 Å². The Labute approximate surface area is 183 Å². The van der Waals surface area contributed by atoms with E-state index in [1.807, 2.05) is 24.3 Å². The molecular formula is C22H29N3O5S. The number of likely N-dealkylation sites (tertiary alicyclic amines) is 1. The maximum absolute atomic E-state index is 13.0. The van der Waals surface area contributed by atoms with Crippen LogP contribution < -0.4 is 19.9 Å². The summed E-state index contributed by atoms with van der Waals surface area (Å²) < 4.78 is 33.9. The number of nitrogens with two attached hydrogens (primary N) is 1. The van der Waals surface area contributed by atoms with Gasteiger partial charge in [0.25, 0.3) is 5.91 Å². The maximum atomic E-state index is 13.0. The molecule has 1 heterocycles. The van der Waals surface area contributed by atoms with Crippen molar-refractivity contribution in [3.05, 3.63) is 53.6 Å². The molecule has 9 heteroatoms. The number of ether oxygens (including phenoxy) is 2. The number of amides is 1. The van der Waals surface area contributed by atoms with Crippen LogP contribution in [0.2, 0.25) is 0 Å². The molecule has 0 saturated carbocycles. The molecule has 3 rings (SSSR count). The summed E-state index contributed by atoms with van der Waals surface area (Å²) in [5, 5.41) is 8.17. The summed E-state index contributed by atoms with van der Waals surface area (Å²) in [6.07, 6.45) is 3.44. The number of hydrogen-bond acceptors (Lipinski definition) is 6. The number of sulfonamides is 1. The van der Waals surface area contributed by atoms with Gasteiger partial charge >= 0.3 is 0 Å². The van der Waals surface area contributed by atoms with Gasteiger partial charge in [-0.25, -0.2) is 13.6 Å². The molecule has 1 saturated heterocycles. The molecule has 0 spiro atoms. The van der Waals surface area contributed by atoms with Crippen LogP contribution in [0, 0.1) is 0 Å². The van der Waals surface area contributed by atoms with Crippen molar-refractivity contribution < 1.29 is 22.7 Å². The smallest absolute Gasteiger partial charge is 0.255 e. The lowest BCUT2D eigenvalue weighted by atomic mass is 10.0. The van der Waals surface area contributed by atoms with Crippen LogP contribution in [0.15, 0.2) is 47.4 Å². The zero-order valence-corrected chi connectivity index (χ0v) is 18.7. The molecule has 1 atom stereocenters. The van der Waals surface area contributed by atoms with E-state index in [4.69, 9.17) is 14.6 Å². The highest BCUT2D eigenvalue weighted by molar-refractivity contribution is 7.89. The number of methoxy groups -OCH3 is 2. The fourth-order valence-electron chi connectivity index (χ4n) is 3.84. The number of carbonyl (C=O) groups excluding carboxylic acids is 1. The van der Waals surface area contributed by atoms with E-state index >= 15 is 0 Å². The van der Waals surface area contributed by atoms with Crippen molar-refractivity contribution in [2.24, 2.45) is 5.14 Å². The van der Waals surface area contributed by atoms with E-state index in [2.05, 4.69) is 10.2 Å². The summed E-state index contributed by atoms with van der Waals surface area (Å²) in [4.78, 5) is 15.2. The minimum Gasteiger partial charge on any atom is -0.497 e. The number of piperidine rings is 1. The van der Waals surface area contributed by atoms with Gasteiger partial charge in [0.1, 0.15) is 11.5 Å². The highest BCUT2D eigenvalue weighted by Gasteiger charge is 2.24. The summed E-state index contributed by atoms with van der Waals surface area (Å²) in [7, 11) is -0.885. The Morgan fingerprint density at radius 1 is 1.06 bits per heavy atom. The fourth-order valence-corrected chi connectivity index (χ4v) is 4.38. The first-order chi connectivity index (χ1) is 14.8. The monoisotopic (exact) mass is 447 g/mol. The van der Waals surface area contributed by atoms with E-state index in [1.54, 1.807) is 7.11 Å². The number of nitrogens with zero attached hydrogens (tertiary/aromatic N) is 1. The highest BCUT2D eigenvalue weighted by Crippen LogP contribution is 2.27. The lowest BCUT2D eigenvalue weighted by Crippen LogP contribution is -2.40. The summed E-state index contributed by atoms with van der Waals surface area (Å²) in [5.74, 6) is 0.636. The minimum atomic E-state index is -3.94. The number of primary sulfonamides is 1. The zero-order valence-electron chi connectivity index (χ0n) is 17.8. The molecule has 3 N–H and O–H groups in total. The largest absolute Gasteiger partial charge is 0.497 e. The molecular weight excluding hydrogens is 418 g/mol. The average molecular weight is 448 g/mol. The van der Waals surface area contributed by atoms with Gasteiger partial charge in [-0.15, -0.1) is 0 Å². The Hall–Kier alpha value is -2.62. The van der Waals surface area contributed by atoms with Crippen LogP contribution in [0.3, 0.4) is 0 Å². The van der Waals surface area contributed by atoms with Gasteiger partial charge in [0, 0.05) is 6.54 Å². The van der Waals surface area contributed by atoms with Crippen molar-refractivity contribution in [2.45, 2.75) is 30.2 Å². The molecule has 31 heavy (non-hydrogen) atoms. The number of benzene rings is 2. The van der Waals surface area contributed by atoms with Crippen LogP contribution in [0.25, 0.3) is 0 Å². The summed E-state index contributed by atoms with van der Waals surface area (Å²) in [6, 6.07) is 11.8. The van der Waals surface area contributed by atoms with Gasteiger partial charge in [0.15, 0.2) is 0 Å². The number of rotatable bonds is 8. The molecule has 1 unspecified atom stereocenters. The molecule has 1 fully saturated rings. The highest BCUT2D eigenvalue weighted by atomic mass is 32.2. The normalized spacial score (nSPS) is 15.8. The third kappa shape index (κ3) is 5.75. The second kappa shape index (κ2) is 10.1. The Morgan fingerprint density at radius 3 is 2.32 bits per heavy atom. The van der Waals surface area contributed by atoms with Gasteiger partial charge in [-0.3, -0.25) is 9.69 Å². The van der Waals surface area contributed by atoms with Crippen molar-refractivity contribution in [3.63, 3.8) is 0 Å². The SMILES string of the molecule is COc1ccc(C(CNC(=O)c2cc(S(N)(=O)=O)ccc2OC)N2CCCCC2)cc1. The van der Waals surface area contributed by atoms with E-state index in [9.17, 15) is 13.2 Å². The fraction of sp³-hybridized carbons (Fsp3) is 0.409. The van der Waals surface area contributed by atoms with Crippen molar-refractivity contribution in [3.8, 4) is 11.5 Å². The zero-order chi connectivity index (χ0) is 22.4. The average Bonchev–Trinajstić information content (AvgIpc) is 2.79.